The molecule has 4 aliphatic rings. The minimum atomic E-state index is -0.654. The van der Waals surface area contributed by atoms with Gasteiger partial charge in [-0.05, 0) is 105 Å². The molecule has 5 rings (SSSR count). The Morgan fingerprint density at radius 3 is 2.77 bits per heavy atom. The van der Waals surface area contributed by atoms with Gasteiger partial charge in [-0.15, -0.1) is 0 Å². The van der Waals surface area contributed by atoms with Crippen LogP contribution < -0.4 is 0 Å². The van der Waals surface area contributed by atoms with Crippen LogP contribution in [0, 0.1) is 17.3 Å². The third-order valence-corrected chi connectivity index (χ3v) is 11.0. The Kier molecular flexibility index (Phi) is 10.2. The van der Waals surface area contributed by atoms with Crippen molar-refractivity contribution in [3.05, 3.63) is 65.5 Å². The van der Waals surface area contributed by atoms with Crippen molar-refractivity contribution >= 4 is 5.97 Å². The molecular formula is C37H53NO5. The molecule has 4 fully saturated rings. The molecule has 4 saturated carbocycles. The Labute approximate surface area is 258 Å². The van der Waals surface area contributed by atoms with Crippen LogP contribution in [0.5, 0.6) is 0 Å². The van der Waals surface area contributed by atoms with E-state index in [1.807, 2.05) is 13.1 Å². The number of carbonyl (C=O) groups excluding carboxylic acids is 1. The summed E-state index contributed by atoms with van der Waals surface area (Å²) in [5.41, 5.74) is 3.12. The number of ether oxygens (including phenoxy) is 1. The molecule has 1 aromatic heterocycles. The molecule has 236 valence electrons. The fourth-order valence-electron chi connectivity index (χ4n) is 8.06. The highest BCUT2D eigenvalue weighted by Crippen LogP contribution is 2.59. The molecule has 43 heavy (non-hydrogen) atoms. The molecule has 0 aliphatic heterocycles. The largest absolute Gasteiger partial charge is 0.457 e. The summed E-state index contributed by atoms with van der Waals surface area (Å²) in [5, 5.41) is 20.4. The molecule has 0 bridgehead atoms. The second kappa shape index (κ2) is 13.7. The van der Waals surface area contributed by atoms with Crippen LogP contribution in [0.4, 0.5) is 0 Å². The van der Waals surface area contributed by atoms with E-state index in [0.717, 1.165) is 74.2 Å². The van der Waals surface area contributed by atoms with Crippen LogP contribution in [0.25, 0.3) is 0 Å². The first-order valence-electron chi connectivity index (χ1n) is 17.0. The van der Waals surface area contributed by atoms with Crippen molar-refractivity contribution in [1.29, 1.82) is 0 Å². The molecule has 0 radical (unpaired) electrons. The number of esters is 1. The number of aliphatic hydroxyl groups excluding tert-OH is 2. The average molecular weight is 592 g/mol. The van der Waals surface area contributed by atoms with Gasteiger partial charge in [0.15, 0.2) is 0 Å². The van der Waals surface area contributed by atoms with E-state index in [9.17, 15) is 15.0 Å². The number of aromatic nitrogens is 1. The van der Waals surface area contributed by atoms with Crippen molar-refractivity contribution < 1.29 is 24.2 Å². The minimum Gasteiger partial charge on any atom is -0.457 e. The highest BCUT2D eigenvalue weighted by atomic mass is 16.5. The van der Waals surface area contributed by atoms with Crippen LogP contribution in [-0.4, -0.2) is 39.5 Å². The van der Waals surface area contributed by atoms with E-state index in [2.05, 4.69) is 49.7 Å². The predicted octanol–water partition coefficient (Wildman–Crippen LogP) is 7.85. The summed E-state index contributed by atoms with van der Waals surface area (Å²) in [6.45, 7) is 10.7. The van der Waals surface area contributed by atoms with Crippen molar-refractivity contribution in [3.63, 3.8) is 0 Å². The third kappa shape index (κ3) is 6.96. The quantitative estimate of drug-likeness (QED) is 0.190. The number of rotatable bonds is 12. The number of oxazole rings is 1. The van der Waals surface area contributed by atoms with Gasteiger partial charge in [0.2, 0.25) is 5.89 Å². The lowest BCUT2D eigenvalue weighted by Gasteiger charge is -2.42. The van der Waals surface area contributed by atoms with E-state index >= 15 is 0 Å². The van der Waals surface area contributed by atoms with E-state index in [0.29, 0.717) is 31.1 Å². The predicted molar refractivity (Wildman–Crippen MR) is 169 cm³/mol. The standard InChI is InChI=1S/C37H53NO5/c1-5-7-13-30-24-38-35(42-30)37(20-21-37)33(43-34(41)10-6-2)14-8-12-28-17-18-31-26(11-9-19-36(28,31)4)15-16-27-22-29(39)23-32(40)25(27)3/h8,14-16,24,28-29,31-33,39-40H,3,5-7,9-13,17-23H2,1-2,4H3/b14-8+,26-15+,27-16-/t28?,29-,31?,32+,33?,36?/m1/s1. The molecule has 6 heteroatoms. The first-order chi connectivity index (χ1) is 20.7. The maximum Gasteiger partial charge on any atom is 0.306 e. The highest BCUT2D eigenvalue weighted by molar-refractivity contribution is 5.70. The van der Waals surface area contributed by atoms with E-state index in [1.54, 1.807) is 0 Å². The van der Waals surface area contributed by atoms with Gasteiger partial charge in [-0.25, -0.2) is 4.98 Å². The molecule has 1 aromatic rings. The van der Waals surface area contributed by atoms with Gasteiger partial charge in [-0.3, -0.25) is 4.79 Å². The van der Waals surface area contributed by atoms with Crippen molar-refractivity contribution in [2.24, 2.45) is 17.3 Å². The molecule has 4 unspecified atom stereocenters. The Bertz CT molecular complexity index is 1240. The zero-order chi connectivity index (χ0) is 30.6. The van der Waals surface area contributed by atoms with Gasteiger partial charge < -0.3 is 19.4 Å². The molecule has 0 amide bonds. The SMILES string of the molecule is C=C1/C(=C\C=C2/CCCC3(C)C(C/C=C/C(OC(=O)CCC)C4(c5ncc(CCCC)o5)CC4)CCC23)C[C@@H](O)C[C@@H]1O. The smallest absolute Gasteiger partial charge is 0.306 e. The fraction of sp³-hybridized carbons (Fsp3) is 0.676. The molecule has 4 aliphatic carbocycles. The van der Waals surface area contributed by atoms with Gasteiger partial charge in [-0.1, -0.05) is 57.6 Å². The van der Waals surface area contributed by atoms with Crippen LogP contribution in [0.2, 0.25) is 0 Å². The first kappa shape index (κ1) is 32.0. The molecule has 2 N–H and O–H groups in total. The summed E-state index contributed by atoms with van der Waals surface area (Å²) in [6, 6.07) is 0. The summed E-state index contributed by atoms with van der Waals surface area (Å²) < 4.78 is 12.3. The van der Waals surface area contributed by atoms with E-state index in [1.165, 1.54) is 31.3 Å². The number of hydrogen-bond donors (Lipinski definition) is 2. The van der Waals surface area contributed by atoms with Gasteiger partial charge in [0.05, 0.1) is 23.8 Å². The molecule has 6 atom stereocenters. The van der Waals surface area contributed by atoms with E-state index in [4.69, 9.17) is 9.15 Å². The number of carbonyl (C=O) groups is 1. The maximum atomic E-state index is 12.7. The molecule has 0 spiro atoms. The lowest BCUT2D eigenvalue weighted by Crippen LogP contribution is -2.33. The fourth-order valence-corrected chi connectivity index (χ4v) is 8.06. The number of fused-ring (bicyclic) bond motifs is 1. The molecule has 1 heterocycles. The Hall–Kier alpha value is -2.44. The van der Waals surface area contributed by atoms with Gasteiger partial charge in [0, 0.05) is 19.3 Å². The maximum absolute atomic E-state index is 12.7. The third-order valence-electron chi connectivity index (χ3n) is 11.0. The van der Waals surface area contributed by atoms with Crippen molar-refractivity contribution in [3.8, 4) is 0 Å². The van der Waals surface area contributed by atoms with Crippen molar-refractivity contribution in [1.82, 2.24) is 4.98 Å². The van der Waals surface area contributed by atoms with Gasteiger partial charge in [-0.2, -0.15) is 0 Å². The van der Waals surface area contributed by atoms with Crippen LogP contribution in [0.3, 0.4) is 0 Å². The number of allylic oxidation sites excluding steroid dienone is 4. The summed E-state index contributed by atoms with van der Waals surface area (Å²) >= 11 is 0. The van der Waals surface area contributed by atoms with Crippen LogP contribution in [0.15, 0.2) is 58.2 Å². The molecule has 0 aromatic carbocycles. The van der Waals surface area contributed by atoms with Gasteiger partial charge in [0.1, 0.15) is 11.9 Å². The monoisotopic (exact) mass is 591 g/mol. The summed E-state index contributed by atoms with van der Waals surface area (Å²) in [7, 11) is 0. The molecule has 0 saturated heterocycles. The zero-order valence-corrected chi connectivity index (χ0v) is 26.7. The van der Waals surface area contributed by atoms with Crippen molar-refractivity contribution in [2.75, 3.05) is 0 Å². The van der Waals surface area contributed by atoms with Gasteiger partial charge >= 0.3 is 5.97 Å². The first-order valence-corrected chi connectivity index (χ1v) is 17.0. The minimum absolute atomic E-state index is 0.147. The van der Waals surface area contributed by atoms with E-state index in [-0.39, 0.29) is 22.9 Å². The number of hydrogen-bond acceptors (Lipinski definition) is 6. The average Bonchev–Trinajstić information content (AvgIpc) is 3.51. The normalized spacial score (nSPS) is 32.8. The number of nitrogens with zero attached hydrogens (tertiary/aromatic N) is 1. The van der Waals surface area contributed by atoms with Crippen LogP contribution in [0.1, 0.15) is 122 Å². The zero-order valence-electron chi connectivity index (χ0n) is 26.7. The Balaban J connectivity index is 1.29. The second-order valence-corrected chi connectivity index (χ2v) is 14.0. The lowest BCUT2D eigenvalue weighted by atomic mass is 9.63. The Morgan fingerprint density at radius 2 is 2.02 bits per heavy atom. The number of aryl methyl sites for hydroxylation is 1. The summed E-state index contributed by atoms with van der Waals surface area (Å²) in [4.78, 5) is 17.3. The van der Waals surface area contributed by atoms with E-state index < -0.39 is 12.2 Å². The van der Waals surface area contributed by atoms with Crippen LogP contribution >= 0.6 is 0 Å². The van der Waals surface area contributed by atoms with Crippen LogP contribution in [-0.2, 0) is 21.4 Å². The summed E-state index contributed by atoms with van der Waals surface area (Å²) in [5.74, 6) is 2.62. The van der Waals surface area contributed by atoms with Gasteiger partial charge in [0.25, 0.3) is 0 Å². The summed E-state index contributed by atoms with van der Waals surface area (Å²) in [6.07, 6.45) is 23.1. The second-order valence-electron chi connectivity index (χ2n) is 14.0. The highest BCUT2D eigenvalue weighted by Gasteiger charge is 2.56. The number of aliphatic hydroxyl groups is 2. The van der Waals surface area contributed by atoms with Crippen molar-refractivity contribution in [2.45, 2.75) is 141 Å². The lowest BCUT2D eigenvalue weighted by molar-refractivity contribution is -0.148. The number of unbranched alkanes of at least 4 members (excludes halogenated alkanes) is 1. The topological polar surface area (TPSA) is 92.8 Å². The molecule has 6 nitrogen and oxygen atoms in total. The molecular weight excluding hydrogens is 538 g/mol. The Morgan fingerprint density at radius 1 is 1.21 bits per heavy atom.